The number of allylic oxidation sites excluding steroid dienone is 3. The molecule has 3 aliphatic rings. The van der Waals surface area contributed by atoms with E-state index in [1.807, 2.05) is 43.3 Å². The highest BCUT2D eigenvalue weighted by atomic mass is 35.5. The molecule has 1 aliphatic heterocycles. The van der Waals surface area contributed by atoms with Crippen LogP contribution >= 0.6 is 23.2 Å². The van der Waals surface area contributed by atoms with Crippen LogP contribution in [-0.2, 0) is 14.3 Å². The lowest BCUT2D eigenvalue weighted by atomic mass is 9.72. The minimum absolute atomic E-state index is 0.0484. The van der Waals surface area contributed by atoms with E-state index >= 15 is 0 Å². The molecule has 0 spiro atoms. The largest absolute Gasteiger partial charge is 0.459 e. The van der Waals surface area contributed by atoms with Gasteiger partial charge in [-0.05, 0) is 80.3 Å². The van der Waals surface area contributed by atoms with Crippen LogP contribution in [0.2, 0.25) is 10.0 Å². The first-order valence-corrected chi connectivity index (χ1v) is 12.6. The molecule has 0 amide bonds. The van der Waals surface area contributed by atoms with Gasteiger partial charge in [0.25, 0.3) is 0 Å². The number of ketones is 1. The van der Waals surface area contributed by atoms with Crippen molar-refractivity contribution < 1.29 is 14.3 Å². The summed E-state index contributed by atoms with van der Waals surface area (Å²) < 4.78 is 5.90. The molecule has 5 rings (SSSR count). The molecular weight excluding hydrogens is 469 g/mol. The Morgan fingerprint density at radius 2 is 1.50 bits per heavy atom. The Hall–Kier alpha value is -2.56. The average molecular weight is 496 g/mol. The van der Waals surface area contributed by atoms with Crippen LogP contribution < -0.4 is 5.32 Å². The minimum Gasteiger partial charge on any atom is -0.459 e. The van der Waals surface area contributed by atoms with Crippen molar-refractivity contribution in [3.8, 4) is 0 Å². The molecule has 0 aromatic heterocycles. The molecule has 0 bridgehead atoms. The number of hydrogen-bond acceptors (Lipinski definition) is 4. The summed E-state index contributed by atoms with van der Waals surface area (Å²) in [6.45, 7) is 1.90. The van der Waals surface area contributed by atoms with Gasteiger partial charge in [0, 0.05) is 39.4 Å². The molecule has 2 aromatic carbocycles. The predicted octanol–water partition coefficient (Wildman–Crippen LogP) is 6.84. The van der Waals surface area contributed by atoms with Gasteiger partial charge in [-0.1, -0.05) is 47.5 Å². The van der Waals surface area contributed by atoms with E-state index < -0.39 is 5.92 Å². The molecule has 4 nitrogen and oxygen atoms in total. The maximum Gasteiger partial charge on any atom is 0.337 e. The number of dihydropyridines is 1. The molecule has 1 N–H and O–H groups in total. The van der Waals surface area contributed by atoms with E-state index in [4.69, 9.17) is 27.9 Å². The van der Waals surface area contributed by atoms with Gasteiger partial charge in [-0.25, -0.2) is 4.79 Å². The molecule has 1 saturated carbocycles. The monoisotopic (exact) mass is 495 g/mol. The summed E-state index contributed by atoms with van der Waals surface area (Å²) in [5, 5.41) is 4.70. The standard InChI is InChI=1S/C28H27Cl2NO3/c1-16-25(28(33)34-22-4-2-3-5-22)26(18-8-12-21(30)13-9-18)27-23(31-16)14-19(15-24(27)32)17-6-10-20(29)11-7-17/h6-13,19,22,26,31H,2-5,14-15H2,1H3/t19-,26-/m1/s1. The molecule has 0 unspecified atom stereocenters. The summed E-state index contributed by atoms with van der Waals surface area (Å²) in [5.41, 5.74) is 4.76. The first kappa shape index (κ1) is 23.2. The Bertz CT molecular complexity index is 1180. The zero-order chi connectivity index (χ0) is 23.8. The third kappa shape index (κ3) is 4.54. The number of carbonyl (C=O) groups excluding carboxylic acids is 2. The van der Waals surface area contributed by atoms with Gasteiger partial charge in [0.1, 0.15) is 6.10 Å². The van der Waals surface area contributed by atoms with E-state index in [0.29, 0.717) is 34.0 Å². The molecule has 2 atom stereocenters. The molecule has 0 radical (unpaired) electrons. The second kappa shape index (κ2) is 9.59. The van der Waals surface area contributed by atoms with Crippen LogP contribution in [0.5, 0.6) is 0 Å². The van der Waals surface area contributed by atoms with Gasteiger partial charge in [-0.3, -0.25) is 4.79 Å². The third-order valence-electron chi connectivity index (χ3n) is 7.17. The molecule has 0 saturated heterocycles. The average Bonchev–Trinajstić information content (AvgIpc) is 3.32. The summed E-state index contributed by atoms with van der Waals surface area (Å²) in [5.74, 6) is -0.703. The lowest BCUT2D eigenvalue weighted by Crippen LogP contribution is -2.36. The number of hydrogen-bond donors (Lipinski definition) is 1. The van der Waals surface area contributed by atoms with Crippen molar-refractivity contribution in [1.82, 2.24) is 5.32 Å². The minimum atomic E-state index is -0.471. The SMILES string of the molecule is CC1=C(C(=O)OC2CCCC2)[C@@H](c2ccc(Cl)cc2)C2=C(C[C@@H](c3ccc(Cl)cc3)CC2=O)N1. The van der Waals surface area contributed by atoms with Gasteiger partial charge in [-0.15, -0.1) is 0 Å². The zero-order valence-corrected chi connectivity index (χ0v) is 20.6. The second-order valence-corrected chi connectivity index (χ2v) is 10.3. The van der Waals surface area contributed by atoms with Crippen molar-refractivity contribution in [2.75, 3.05) is 0 Å². The number of carbonyl (C=O) groups is 2. The number of ether oxygens (including phenoxy) is 1. The molecule has 2 aliphatic carbocycles. The van der Waals surface area contributed by atoms with Gasteiger partial charge in [0.2, 0.25) is 0 Å². The lowest BCUT2D eigenvalue weighted by molar-refractivity contribution is -0.144. The Kier molecular flexibility index (Phi) is 6.54. The van der Waals surface area contributed by atoms with Crippen LogP contribution in [0, 0.1) is 0 Å². The fourth-order valence-corrected chi connectivity index (χ4v) is 5.74. The Morgan fingerprint density at radius 3 is 2.12 bits per heavy atom. The van der Waals surface area contributed by atoms with Crippen LogP contribution in [0.4, 0.5) is 0 Å². The zero-order valence-electron chi connectivity index (χ0n) is 19.1. The van der Waals surface area contributed by atoms with Crippen LogP contribution in [0.15, 0.2) is 71.1 Å². The highest BCUT2D eigenvalue weighted by Crippen LogP contribution is 2.46. The maximum absolute atomic E-state index is 13.6. The van der Waals surface area contributed by atoms with E-state index in [-0.39, 0.29) is 23.8 Å². The van der Waals surface area contributed by atoms with Gasteiger partial charge in [-0.2, -0.15) is 0 Å². The van der Waals surface area contributed by atoms with Crippen molar-refractivity contribution in [3.05, 3.63) is 92.2 Å². The highest BCUT2D eigenvalue weighted by molar-refractivity contribution is 6.30. The smallest absolute Gasteiger partial charge is 0.337 e. The van der Waals surface area contributed by atoms with Crippen LogP contribution in [-0.4, -0.2) is 17.9 Å². The quantitative estimate of drug-likeness (QED) is 0.471. The summed E-state index contributed by atoms with van der Waals surface area (Å²) in [6, 6.07) is 15.1. The third-order valence-corrected chi connectivity index (χ3v) is 7.67. The van der Waals surface area contributed by atoms with E-state index in [2.05, 4.69) is 5.32 Å². The first-order valence-electron chi connectivity index (χ1n) is 11.9. The molecular formula is C28H27Cl2NO3. The number of nitrogens with one attached hydrogen (secondary N) is 1. The summed E-state index contributed by atoms with van der Waals surface area (Å²) in [4.78, 5) is 27.0. The van der Waals surface area contributed by atoms with Crippen molar-refractivity contribution in [2.45, 2.75) is 63.4 Å². The first-order chi connectivity index (χ1) is 16.4. The number of halogens is 2. The predicted molar refractivity (Wildman–Crippen MR) is 134 cm³/mol. The van der Waals surface area contributed by atoms with E-state index in [9.17, 15) is 9.59 Å². The van der Waals surface area contributed by atoms with Crippen LogP contribution in [0.25, 0.3) is 0 Å². The van der Waals surface area contributed by atoms with Crippen molar-refractivity contribution in [1.29, 1.82) is 0 Å². The Balaban J connectivity index is 1.53. The number of esters is 1. The Labute approximate surface area is 210 Å². The second-order valence-electron chi connectivity index (χ2n) is 9.43. The maximum atomic E-state index is 13.6. The van der Waals surface area contributed by atoms with Gasteiger partial charge in [0.05, 0.1) is 5.57 Å². The van der Waals surface area contributed by atoms with Gasteiger partial charge >= 0.3 is 5.97 Å². The van der Waals surface area contributed by atoms with Gasteiger partial charge in [0.15, 0.2) is 5.78 Å². The fraction of sp³-hybridized carbons (Fsp3) is 0.357. The molecule has 1 fully saturated rings. The number of rotatable bonds is 4. The normalized spacial score (nSPS) is 23.1. The summed E-state index contributed by atoms with van der Waals surface area (Å²) >= 11 is 12.2. The highest BCUT2D eigenvalue weighted by Gasteiger charge is 2.42. The van der Waals surface area contributed by atoms with E-state index in [1.54, 1.807) is 12.1 Å². The molecule has 2 aromatic rings. The van der Waals surface area contributed by atoms with Gasteiger partial charge < -0.3 is 10.1 Å². The Morgan fingerprint density at radius 1 is 0.912 bits per heavy atom. The molecule has 34 heavy (non-hydrogen) atoms. The topological polar surface area (TPSA) is 55.4 Å². The van der Waals surface area contributed by atoms with Crippen LogP contribution in [0.3, 0.4) is 0 Å². The summed E-state index contributed by atoms with van der Waals surface area (Å²) in [6.07, 6.45) is 4.97. The van der Waals surface area contributed by atoms with Crippen molar-refractivity contribution in [2.24, 2.45) is 0 Å². The number of Topliss-reactive ketones (excluding diaryl/α,β-unsaturated/α-hetero) is 1. The van der Waals surface area contributed by atoms with Crippen LogP contribution in [0.1, 0.15) is 68.4 Å². The van der Waals surface area contributed by atoms with Crippen molar-refractivity contribution in [3.63, 3.8) is 0 Å². The number of benzene rings is 2. The molecule has 1 heterocycles. The van der Waals surface area contributed by atoms with Crippen molar-refractivity contribution >= 4 is 35.0 Å². The van der Waals surface area contributed by atoms with E-state index in [0.717, 1.165) is 48.2 Å². The summed E-state index contributed by atoms with van der Waals surface area (Å²) in [7, 11) is 0. The van der Waals surface area contributed by atoms with E-state index in [1.165, 1.54) is 0 Å². The fourth-order valence-electron chi connectivity index (χ4n) is 5.49. The molecule has 176 valence electrons. The molecule has 6 heteroatoms. The lowest BCUT2D eigenvalue weighted by Gasteiger charge is -2.37.